The number of hydrogen-bond acceptors (Lipinski definition) is 4. The van der Waals surface area contributed by atoms with Gasteiger partial charge in [0.25, 0.3) is 0 Å². The maximum atomic E-state index is 14.5. The Labute approximate surface area is 180 Å². The molecular weight excluding hydrogens is 439 g/mol. The second-order valence-electron chi connectivity index (χ2n) is 7.82. The first kappa shape index (κ1) is 23.2. The highest BCUT2D eigenvalue weighted by Gasteiger charge is 2.19. The summed E-state index contributed by atoms with van der Waals surface area (Å²) in [7, 11) is 1.67. The number of hydrogen-bond donors (Lipinski definition) is 1. The van der Waals surface area contributed by atoms with Crippen LogP contribution in [-0.4, -0.2) is 36.8 Å². The fraction of sp³-hybridized carbons (Fsp3) is 0.409. The lowest BCUT2D eigenvalue weighted by atomic mass is 9.99. The molecule has 29 heavy (non-hydrogen) atoms. The van der Waals surface area contributed by atoms with Crippen LogP contribution in [0.15, 0.2) is 46.9 Å². The third kappa shape index (κ3) is 7.33. The van der Waals surface area contributed by atoms with Crippen molar-refractivity contribution in [3.8, 4) is 5.75 Å². The van der Waals surface area contributed by atoms with Crippen LogP contribution in [0.4, 0.5) is 9.18 Å². The van der Waals surface area contributed by atoms with E-state index in [1.54, 1.807) is 19.2 Å². The third-order valence-corrected chi connectivity index (χ3v) is 4.68. The van der Waals surface area contributed by atoms with Crippen molar-refractivity contribution in [3.63, 3.8) is 0 Å². The molecule has 0 fully saturated rings. The van der Waals surface area contributed by atoms with E-state index in [9.17, 15) is 9.18 Å². The average Bonchev–Trinajstić information content (AvgIpc) is 2.64. The molecule has 0 radical (unpaired) electrons. The average molecular weight is 467 g/mol. The molecule has 0 spiro atoms. The molecule has 1 atom stereocenters. The molecule has 2 aromatic carbocycles. The van der Waals surface area contributed by atoms with E-state index >= 15 is 0 Å². The number of ether oxygens (including phenoxy) is 2. The Morgan fingerprint density at radius 3 is 2.45 bits per heavy atom. The topological polar surface area (TPSA) is 64.8 Å². The maximum absolute atomic E-state index is 14.5. The number of amides is 1. The van der Waals surface area contributed by atoms with Gasteiger partial charge in [0.15, 0.2) is 0 Å². The quantitative estimate of drug-likeness (QED) is 0.564. The highest BCUT2D eigenvalue weighted by Crippen LogP contribution is 2.26. The fourth-order valence-corrected chi connectivity index (χ4v) is 2.89. The predicted molar refractivity (Wildman–Crippen MR) is 116 cm³/mol. The number of nitrogens with two attached hydrogens (primary N) is 1. The van der Waals surface area contributed by atoms with Gasteiger partial charge in [-0.25, -0.2) is 9.18 Å². The second kappa shape index (κ2) is 10.1. The number of carbonyl (C=O) groups excluding carboxylic acids is 1. The normalized spacial score (nSPS) is 12.4. The van der Waals surface area contributed by atoms with E-state index in [1.807, 2.05) is 45.0 Å². The number of nitrogens with zero attached hydrogens (tertiary/aromatic N) is 1. The molecule has 0 saturated heterocycles. The lowest BCUT2D eigenvalue weighted by Crippen LogP contribution is -2.35. The van der Waals surface area contributed by atoms with Crippen molar-refractivity contribution in [2.45, 2.75) is 38.8 Å². The Hall–Kier alpha value is -2.12. The summed E-state index contributed by atoms with van der Waals surface area (Å²) in [5, 5.41) is 0. The van der Waals surface area contributed by atoms with Gasteiger partial charge in [-0.3, -0.25) is 0 Å². The van der Waals surface area contributed by atoms with Crippen LogP contribution in [0.2, 0.25) is 0 Å². The molecule has 2 aromatic rings. The number of rotatable bonds is 7. The van der Waals surface area contributed by atoms with Crippen LogP contribution in [0.1, 0.15) is 44.4 Å². The Bertz CT molecular complexity index is 822. The van der Waals surface area contributed by atoms with Crippen LogP contribution in [0.5, 0.6) is 5.75 Å². The van der Waals surface area contributed by atoms with Crippen molar-refractivity contribution in [2.24, 2.45) is 5.73 Å². The molecule has 0 aliphatic heterocycles. The standard InChI is InChI=1S/C22H28BrFN2O3/c1-22(2,3)29-21(27)26(4)12-5-13-28-17-10-11-18(19(24)14-17)20(25)15-6-8-16(23)9-7-15/h6-11,14,20H,5,12-13,25H2,1-4H3. The Morgan fingerprint density at radius 2 is 1.86 bits per heavy atom. The smallest absolute Gasteiger partial charge is 0.410 e. The van der Waals surface area contributed by atoms with Crippen molar-refractivity contribution in [1.29, 1.82) is 0 Å². The van der Waals surface area contributed by atoms with Gasteiger partial charge >= 0.3 is 6.09 Å². The molecule has 1 amide bonds. The van der Waals surface area contributed by atoms with E-state index in [1.165, 1.54) is 11.0 Å². The molecule has 1 unspecified atom stereocenters. The summed E-state index contributed by atoms with van der Waals surface area (Å²) < 4.78 is 26.4. The minimum Gasteiger partial charge on any atom is -0.493 e. The van der Waals surface area contributed by atoms with Gasteiger partial charge in [0.1, 0.15) is 17.2 Å². The van der Waals surface area contributed by atoms with E-state index in [2.05, 4.69) is 15.9 Å². The molecule has 158 valence electrons. The Balaban J connectivity index is 1.86. The first-order valence-electron chi connectivity index (χ1n) is 9.44. The minimum absolute atomic E-state index is 0.352. The van der Waals surface area contributed by atoms with Gasteiger partial charge in [0, 0.05) is 29.7 Å². The van der Waals surface area contributed by atoms with Crippen LogP contribution in [0, 0.1) is 5.82 Å². The van der Waals surface area contributed by atoms with Gasteiger partial charge in [-0.1, -0.05) is 34.1 Å². The summed E-state index contributed by atoms with van der Waals surface area (Å²) in [4.78, 5) is 13.4. The zero-order valence-electron chi connectivity index (χ0n) is 17.2. The molecule has 0 bridgehead atoms. The van der Waals surface area contributed by atoms with Gasteiger partial charge in [0.05, 0.1) is 12.6 Å². The molecule has 0 aliphatic carbocycles. The van der Waals surface area contributed by atoms with Crippen molar-refractivity contribution in [3.05, 3.63) is 63.9 Å². The molecule has 7 heteroatoms. The van der Waals surface area contributed by atoms with Crippen molar-refractivity contribution < 1.29 is 18.7 Å². The number of carbonyl (C=O) groups is 1. The molecule has 0 aromatic heterocycles. The molecule has 2 rings (SSSR count). The summed E-state index contributed by atoms with van der Waals surface area (Å²) in [6.45, 7) is 6.29. The van der Waals surface area contributed by atoms with E-state index in [-0.39, 0.29) is 6.09 Å². The lowest BCUT2D eigenvalue weighted by molar-refractivity contribution is 0.0292. The SMILES string of the molecule is CN(CCCOc1ccc(C(N)c2ccc(Br)cc2)c(F)c1)C(=O)OC(C)(C)C. The van der Waals surface area contributed by atoms with Crippen LogP contribution < -0.4 is 10.5 Å². The summed E-state index contributed by atoms with van der Waals surface area (Å²) in [6, 6.07) is 11.6. The minimum atomic E-state index is -0.556. The molecule has 0 saturated carbocycles. The van der Waals surface area contributed by atoms with Crippen molar-refractivity contribution in [2.75, 3.05) is 20.2 Å². The molecule has 0 aliphatic rings. The maximum Gasteiger partial charge on any atom is 0.410 e. The summed E-state index contributed by atoms with van der Waals surface area (Å²) >= 11 is 3.37. The fourth-order valence-electron chi connectivity index (χ4n) is 2.62. The summed E-state index contributed by atoms with van der Waals surface area (Å²) in [5.74, 6) is 0.0120. The highest BCUT2D eigenvalue weighted by molar-refractivity contribution is 9.10. The Kier molecular flexibility index (Phi) is 8.05. The van der Waals surface area contributed by atoms with Crippen LogP contribution in [0.3, 0.4) is 0 Å². The van der Waals surface area contributed by atoms with Crippen LogP contribution >= 0.6 is 15.9 Å². The molecule has 0 heterocycles. The Morgan fingerprint density at radius 1 is 1.21 bits per heavy atom. The van der Waals surface area contributed by atoms with E-state index in [0.29, 0.717) is 30.9 Å². The van der Waals surface area contributed by atoms with Gasteiger partial charge in [-0.05, 0) is 51.0 Å². The van der Waals surface area contributed by atoms with Gasteiger partial charge in [-0.15, -0.1) is 0 Å². The zero-order chi connectivity index (χ0) is 21.6. The summed E-state index contributed by atoms with van der Waals surface area (Å²) in [5.41, 5.74) is 6.90. The summed E-state index contributed by atoms with van der Waals surface area (Å²) in [6.07, 6.45) is 0.215. The number of halogens is 2. The molecule has 2 N–H and O–H groups in total. The van der Waals surface area contributed by atoms with E-state index in [0.717, 1.165) is 10.0 Å². The van der Waals surface area contributed by atoms with Crippen LogP contribution in [-0.2, 0) is 4.74 Å². The first-order chi connectivity index (χ1) is 13.6. The molecular formula is C22H28BrFN2O3. The predicted octanol–water partition coefficient (Wildman–Crippen LogP) is 5.27. The first-order valence-corrected chi connectivity index (χ1v) is 10.2. The second-order valence-corrected chi connectivity index (χ2v) is 8.73. The third-order valence-electron chi connectivity index (χ3n) is 4.15. The monoisotopic (exact) mass is 466 g/mol. The lowest BCUT2D eigenvalue weighted by Gasteiger charge is -2.24. The van der Waals surface area contributed by atoms with Gasteiger partial charge in [-0.2, -0.15) is 0 Å². The molecule has 5 nitrogen and oxygen atoms in total. The largest absolute Gasteiger partial charge is 0.493 e. The van der Waals surface area contributed by atoms with Crippen molar-refractivity contribution >= 4 is 22.0 Å². The number of benzene rings is 2. The van der Waals surface area contributed by atoms with Crippen molar-refractivity contribution in [1.82, 2.24) is 4.90 Å². The van der Waals surface area contributed by atoms with Gasteiger partial charge < -0.3 is 20.1 Å². The highest BCUT2D eigenvalue weighted by atomic mass is 79.9. The van der Waals surface area contributed by atoms with E-state index < -0.39 is 17.5 Å². The van der Waals surface area contributed by atoms with Gasteiger partial charge in [0.2, 0.25) is 0 Å². The van der Waals surface area contributed by atoms with Crippen LogP contribution in [0.25, 0.3) is 0 Å². The zero-order valence-corrected chi connectivity index (χ0v) is 18.8. The van der Waals surface area contributed by atoms with E-state index in [4.69, 9.17) is 15.2 Å².